The second-order valence-corrected chi connectivity index (χ2v) is 5.77. The van der Waals surface area contributed by atoms with Gasteiger partial charge in [-0.25, -0.2) is 0 Å². The normalized spacial score (nSPS) is 17.9. The average molecular weight is 360 g/mol. The number of amides is 1. The lowest BCUT2D eigenvalue weighted by Gasteiger charge is -2.31. The van der Waals surface area contributed by atoms with Crippen LogP contribution in [0.3, 0.4) is 0 Å². The van der Waals surface area contributed by atoms with Gasteiger partial charge < -0.3 is 20.1 Å². The highest BCUT2D eigenvalue weighted by Crippen LogP contribution is 2.27. The summed E-state index contributed by atoms with van der Waals surface area (Å²) in [4.78, 5) is 25.7. The summed E-state index contributed by atoms with van der Waals surface area (Å²) >= 11 is 0. The number of alkyl halides is 3. The number of anilines is 1. The molecule has 2 rings (SSSR count). The van der Waals surface area contributed by atoms with Crippen molar-refractivity contribution in [3.63, 3.8) is 0 Å². The summed E-state index contributed by atoms with van der Waals surface area (Å²) in [6.45, 7) is -0.742. The van der Waals surface area contributed by atoms with Gasteiger partial charge in [0, 0.05) is 18.7 Å². The first-order valence-electron chi connectivity index (χ1n) is 7.67. The summed E-state index contributed by atoms with van der Waals surface area (Å²) in [5, 5.41) is 0. The van der Waals surface area contributed by atoms with E-state index in [-0.39, 0.29) is 41.3 Å². The van der Waals surface area contributed by atoms with Crippen LogP contribution < -0.4 is 10.5 Å². The van der Waals surface area contributed by atoms with Crippen LogP contribution in [-0.4, -0.2) is 49.8 Å². The third kappa shape index (κ3) is 5.01. The average Bonchev–Trinajstić information content (AvgIpc) is 2.58. The number of piperidine rings is 1. The van der Waals surface area contributed by atoms with Gasteiger partial charge in [0.2, 0.25) is 0 Å². The van der Waals surface area contributed by atoms with E-state index < -0.39 is 12.8 Å². The molecule has 1 fully saturated rings. The second-order valence-electron chi connectivity index (χ2n) is 5.77. The van der Waals surface area contributed by atoms with E-state index in [9.17, 15) is 22.8 Å². The molecule has 1 aliphatic heterocycles. The Morgan fingerprint density at radius 2 is 2.08 bits per heavy atom. The van der Waals surface area contributed by atoms with E-state index in [1.165, 1.54) is 30.2 Å². The Balaban J connectivity index is 2.06. The summed E-state index contributed by atoms with van der Waals surface area (Å²) < 4.78 is 45.9. The number of hydrogen-bond acceptors (Lipinski definition) is 5. The first-order chi connectivity index (χ1) is 11.7. The molecular formula is C16H19F3N2O4. The van der Waals surface area contributed by atoms with Crippen LogP contribution in [0, 0.1) is 5.92 Å². The smallest absolute Gasteiger partial charge is 0.422 e. The number of carbonyl (C=O) groups excluding carboxylic acids is 2. The fourth-order valence-corrected chi connectivity index (χ4v) is 2.68. The molecule has 1 aromatic carbocycles. The molecule has 0 aliphatic carbocycles. The number of esters is 1. The first kappa shape index (κ1) is 18.9. The standard InChI is InChI=1S/C16H19F3N2O4/c1-24-15(23)11-3-2-6-21(8-11)14(22)10-4-5-13(12(20)7-10)25-9-16(17,18)19/h4-5,7,11H,2-3,6,8-9,20H2,1H3. The van der Waals surface area contributed by atoms with Crippen molar-refractivity contribution in [2.45, 2.75) is 19.0 Å². The van der Waals surface area contributed by atoms with Crippen LogP contribution in [0.5, 0.6) is 5.75 Å². The Hall–Kier alpha value is -2.45. The van der Waals surface area contributed by atoms with Crippen molar-refractivity contribution in [1.29, 1.82) is 0 Å². The molecule has 9 heteroatoms. The van der Waals surface area contributed by atoms with Gasteiger partial charge in [0.15, 0.2) is 6.61 Å². The van der Waals surface area contributed by atoms with Crippen LogP contribution in [0.2, 0.25) is 0 Å². The topological polar surface area (TPSA) is 81.9 Å². The van der Waals surface area contributed by atoms with Crippen molar-refractivity contribution >= 4 is 17.6 Å². The number of hydrogen-bond donors (Lipinski definition) is 1. The number of halogens is 3. The number of methoxy groups -OCH3 is 1. The SMILES string of the molecule is COC(=O)C1CCCN(C(=O)c2ccc(OCC(F)(F)F)c(N)c2)C1. The van der Waals surface area contributed by atoms with Crippen molar-refractivity contribution in [2.75, 3.05) is 32.5 Å². The van der Waals surface area contributed by atoms with Crippen LogP contribution in [-0.2, 0) is 9.53 Å². The number of ether oxygens (including phenoxy) is 2. The number of rotatable bonds is 4. The molecule has 0 bridgehead atoms. The van der Waals surface area contributed by atoms with E-state index >= 15 is 0 Å². The van der Waals surface area contributed by atoms with Gasteiger partial charge in [0.05, 0.1) is 18.7 Å². The van der Waals surface area contributed by atoms with Gasteiger partial charge in [-0.1, -0.05) is 0 Å². The fraction of sp³-hybridized carbons (Fsp3) is 0.500. The summed E-state index contributed by atoms with van der Waals surface area (Å²) in [5.74, 6) is -1.23. The third-order valence-electron chi connectivity index (χ3n) is 3.89. The zero-order valence-electron chi connectivity index (χ0n) is 13.6. The predicted molar refractivity (Wildman–Crippen MR) is 83.0 cm³/mol. The lowest BCUT2D eigenvalue weighted by atomic mass is 9.97. The fourth-order valence-electron chi connectivity index (χ4n) is 2.68. The highest BCUT2D eigenvalue weighted by Gasteiger charge is 2.30. The molecule has 1 aliphatic rings. The number of nitrogen functional groups attached to an aromatic ring is 1. The van der Waals surface area contributed by atoms with Gasteiger partial charge in [0.25, 0.3) is 5.91 Å². The molecule has 25 heavy (non-hydrogen) atoms. The number of likely N-dealkylation sites (tertiary alicyclic amines) is 1. The molecule has 0 spiro atoms. The molecule has 2 N–H and O–H groups in total. The zero-order valence-corrected chi connectivity index (χ0v) is 13.6. The van der Waals surface area contributed by atoms with Crippen molar-refractivity contribution in [3.8, 4) is 5.75 Å². The van der Waals surface area contributed by atoms with E-state index in [1.807, 2.05) is 0 Å². The predicted octanol–water partition coefficient (Wildman–Crippen LogP) is 2.24. The van der Waals surface area contributed by atoms with Crippen molar-refractivity contribution in [3.05, 3.63) is 23.8 Å². The van der Waals surface area contributed by atoms with Crippen LogP contribution in [0.4, 0.5) is 18.9 Å². The van der Waals surface area contributed by atoms with Crippen LogP contribution in [0.15, 0.2) is 18.2 Å². The molecular weight excluding hydrogens is 341 g/mol. The van der Waals surface area contributed by atoms with Gasteiger partial charge in [-0.05, 0) is 31.0 Å². The minimum Gasteiger partial charge on any atom is -0.482 e. The van der Waals surface area contributed by atoms with Gasteiger partial charge in [0.1, 0.15) is 5.75 Å². The maximum atomic E-state index is 12.5. The second kappa shape index (κ2) is 7.62. The molecule has 0 aromatic heterocycles. The number of carbonyl (C=O) groups is 2. The van der Waals surface area contributed by atoms with Gasteiger partial charge in [-0.2, -0.15) is 13.2 Å². The molecule has 138 valence electrons. The Kier molecular flexibility index (Phi) is 5.76. The van der Waals surface area contributed by atoms with Crippen LogP contribution in [0.1, 0.15) is 23.2 Å². The van der Waals surface area contributed by atoms with E-state index in [1.54, 1.807) is 0 Å². The number of nitrogens with two attached hydrogens (primary N) is 1. The number of nitrogens with zero attached hydrogens (tertiary/aromatic N) is 1. The molecule has 0 radical (unpaired) electrons. The van der Waals surface area contributed by atoms with Crippen molar-refractivity contribution in [2.24, 2.45) is 5.92 Å². The van der Waals surface area contributed by atoms with Crippen LogP contribution >= 0.6 is 0 Å². The van der Waals surface area contributed by atoms with Gasteiger partial charge in [-0.15, -0.1) is 0 Å². The molecule has 1 atom stereocenters. The quantitative estimate of drug-likeness (QED) is 0.658. The van der Waals surface area contributed by atoms with E-state index in [0.29, 0.717) is 19.4 Å². The number of benzene rings is 1. The van der Waals surface area contributed by atoms with E-state index in [2.05, 4.69) is 4.74 Å². The first-order valence-corrected chi connectivity index (χ1v) is 7.67. The maximum absolute atomic E-state index is 12.5. The van der Waals surface area contributed by atoms with E-state index in [0.717, 1.165) is 0 Å². The Bertz CT molecular complexity index is 649. The molecule has 1 unspecified atom stereocenters. The lowest BCUT2D eigenvalue weighted by Crippen LogP contribution is -2.42. The molecule has 1 saturated heterocycles. The summed E-state index contributed by atoms with van der Waals surface area (Å²) in [6, 6.07) is 3.86. The molecule has 1 heterocycles. The highest BCUT2D eigenvalue weighted by atomic mass is 19.4. The van der Waals surface area contributed by atoms with Gasteiger partial charge >= 0.3 is 12.1 Å². The van der Waals surface area contributed by atoms with Gasteiger partial charge in [-0.3, -0.25) is 9.59 Å². The van der Waals surface area contributed by atoms with E-state index in [4.69, 9.17) is 10.5 Å². The molecule has 1 amide bonds. The highest BCUT2D eigenvalue weighted by molar-refractivity contribution is 5.95. The molecule has 6 nitrogen and oxygen atoms in total. The Labute approximate surface area is 142 Å². The van der Waals surface area contributed by atoms with Crippen molar-refractivity contribution in [1.82, 2.24) is 4.90 Å². The van der Waals surface area contributed by atoms with Crippen molar-refractivity contribution < 1.29 is 32.2 Å². The summed E-state index contributed by atoms with van der Waals surface area (Å²) in [6.07, 6.45) is -3.17. The summed E-state index contributed by atoms with van der Waals surface area (Å²) in [5.41, 5.74) is 5.84. The van der Waals surface area contributed by atoms with Crippen LogP contribution in [0.25, 0.3) is 0 Å². The Morgan fingerprint density at radius 3 is 2.68 bits per heavy atom. The molecule has 0 saturated carbocycles. The summed E-state index contributed by atoms with van der Waals surface area (Å²) in [7, 11) is 1.30. The minimum absolute atomic E-state index is 0.0587. The molecule has 1 aromatic rings. The zero-order chi connectivity index (χ0) is 18.6. The Morgan fingerprint density at radius 1 is 1.36 bits per heavy atom. The maximum Gasteiger partial charge on any atom is 0.422 e. The monoisotopic (exact) mass is 360 g/mol. The minimum atomic E-state index is -4.47. The largest absolute Gasteiger partial charge is 0.482 e. The third-order valence-corrected chi connectivity index (χ3v) is 3.89. The lowest BCUT2D eigenvalue weighted by molar-refractivity contribution is -0.153.